The van der Waals surface area contributed by atoms with E-state index in [1.165, 1.54) is 11.3 Å². The van der Waals surface area contributed by atoms with Gasteiger partial charge in [-0.3, -0.25) is 9.69 Å². The van der Waals surface area contributed by atoms with E-state index in [2.05, 4.69) is 31.0 Å². The minimum Gasteiger partial charge on any atom is -0.497 e. The van der Waals surface area contributed by atoms with Crippen LogP contribution in [0.2, 0.25) is 0 Å². The fraction of sp³-hybridized carbons (Fsp3) is 0.368. The van der Waals surface area contributed by atoms with Crippen LogP contribution >= 0.6 is 38.6 Å². The van der Waals surface area contributed by atoms with Gasteiger partial charge in [0.15, 0.2) is 5.13 Å². The molecule has 1 amide bonds. The van der Waals surface area contributed by atoms with Crippen LogP contribution in [0.3, 0.4) is 0 Å². The Bertz CT molecular complexity index is 966. The van der Waals surface area contributed by atoms with Gasteiger partial charge in [0.2, 0.25) is 0 Å². The van der Waals surface area contributed by atoms with Gasteiger partial charge in [-0.15, -0.1) is 11.3 Å². The van der Waals surface area contributed by atoms with Crippen LogP contribution in [-0.4, -0.2) is 62.2 Å². The van der Waals surface area contributed by atoms with Crippen LogP contribution in [0, 0.1) is 0 Å². The zero-order valence-electron chi connectivity index (χ0n) is 15.5. The number of ether oxygens (including phenoxy) is 1. The molecule has 3 aromatic rings. The number of fused-ring (bicyclic) bond motifs is 1. The number of aromatic nitrogens is 1. The summed E-state index contributed by atoms with van der Waals surface area (Å²) >= 11 is 6.56. The lowest BCUT2D eigenvalue weighted by molar-refractivity contribution is 0.0952. The van der Waals surface area contributed by atoms with Crippen molar-refractivity contribution in [2.45, 2.75) is 0 Å². The number of nitrogens with zero attached hydrogens (tertiary/aromatic N) is 3. The Labute approximate surface area is 180 Å². The number of thiophene rings is 1. The first-order chi connectivity index (χ1) is 13.6. The van der Waals surface area contributed by atoms with Crippen molar-refractivity contribution in [3.8, 4) is 5.75 Å². The zero-order valence-corrected chi connectivity index (χ0v) is 18.7. The van der Waals surface area contributed by atoms with Gasteiger partial charge in [-0.2, -0.15) is 0 Å². The summed E-state index contributed by atoms with van der Waals surface area (Å²) in [7, 11) is 1.68. The molecule has 9 heteroatoms. The average Bonchev–Trinajstić information content (AvgIpc) is 3.34. The Kier molecular flexibility index (Phi) is 6.15. The predicted octanol–water partition coefficient (Wildman–Crippen LogP) is 3.68. The molecule has 0 atom stereocenters. The van der Waals surface area contributed by atoms with Gasteiger partial charge in [-0.25, -0.2) is 4.98 Å². The molecule has 2 aromatic heterocycles. The van der Waals surface area contributed by atoms with Crippen LogP contribution in [0.1, 0.15) is 9.67 Å². The Hall–Kier alpha value is -1.68. The molecular formula is C19H21BrN4O2S2. The predicted molar refractivity (Wildman–Crippen MR) is 119 cm³/mol. The number of thiazole rings is 1. The number of halogens is 1. The number of piperazine rings is 1. The number of amides is 1. The highest BCUT2D eigenvalue weighted by atomic mass is 79.9. The molecule has 28 heavy (non-hydrogen) atoms. The van der Waals surface area contributed by atoms with E-state index in [1.807, 2.05) is 30.3 Å². The number of carbonyl (C=O) groups is 1. The van der Waals surface area contributed by atoms with Gasteiger partial charge in [0.1, 0.15) is 5.75 Å². The highest BCUT2D eigenvalue weighted by Gasteiger charge is 2.20. The highest BCUT2D eigenvalue weighted by Crippen LogP contribution is 2.31. The molecule has 6 nitrogen and oxygen atoms in total. The van der Waals surface area contributed by atoms with Gasteiger partial charge in [0.05, 0.1) is 26.0 Å². The first-order valence-corrected chi connectivity index (χ1v) is 11.5. The summed E-state index contributed by atoms with van der Waals surface area (Å²) in [5, 5.41) is 4.07. The van der Waals surface area contributed by atoms with E-state index in [0.717, 1.165) is 62.5 Å². The number of hydrogen-bond donors (Lipinski definition) is 1. The number of anilines is 1. The Morgan fingerprint density at radius 1 is 1.21 bits per heavy atom. The quantitative estimate of drug-likeness (QED) is 0.582. The lowest BCUT2D eigenvalue weighted by Crippen LogP contribution is -2.48. The molecule has 0 radical (unpaired) electrons. The molecule has 1 aliphatic heterocycles. The first kappa shape index (κ1) is 19.6. The van der Waals surface area contributed by atoms with Gasteiger partial charge in [0, 0.05) is 39.3 Å². The van der Waals surface area contributed by atoms with E-state index in [0.29, 0.717) is 6.54 Å². The monoisotopic (exact) mass is 480 g/mol. The van der Waals surface area contributed by atoms with Crippen molar-refractivity contribution >= 4 is 59.9 Å². The van der Waals surface area contributed by atoms with Crippen molar-refractivity contribution in [2.24, 2.45) is 0 Å². The third-order valence-corrected chi connectivity index (χ3v) is 7.44. The summed E-state index contributed by atoms with van der Waals surface area (Å²) < 4.78 is 7.43. The average molecular weight is 481 g/mol. The molecule has 1 aromatic carbocycles. The maximum atomic E-state index is 12.1. The zero-order chi connectivity index (χ0) is 19.5. The summed E-state index contributed by atoms with van der Waals surface area (Å²) in [4.78, 5) is 22.3. The van der Waals surface area contributed by atoms with Crippen molar-refractivity contribution in [3.63, 3.8) is 0 Å². The number of benzene rings is 1. The van der Waals surface area contributed by atoms with Crippen molar-refractivity contribution < 1.29 is 9.53 Å². The summed E-state index contributed by atoms with van der Waals surface area (Å²) in [6, 6.07) is 9.75. The van der Waals surface area contributed by atoms with E-state index in [4.69, 9.17) is 9.72 Å². The van der Waals surface area contributed by atoms with Crippen molar-refractivity contribution in [3.05, 3.63) is 39.0 Å². The van der Waals surface area contributed by atoms with Crippen LogP contribution in [0.25, 0.3) is 10.2 Å². The number of rotatable bonds is 6. The second kappa shape index (κ2) is 8.77. The van der Waals surface area contributed by atoms with E-state index in [9.17, 15) is 4.79 Å². The minimum absolute atomic E-state index is 0.000704. The Morgan fingerprint density at radius 2 is 2.04 bits per heavy atom. The molecule has 3 heterocycles. The van der Waals surface area contributed by atoms with E-state index < -0.39 is 0 Å². The Morgan fingerprint density at radius 3 is 2.75 bits per heavy atom. The SMILES string of the molecule is COc1ccc2nc(N3CCN(CCNC(=O)c4ccc(Br)s4)CC3)sc2c1. The summed E-state index contributed by atoms with van der Waals surface area (Å²) in [6.07, 6.45) is 0. The summed E-state index contributed by atoms with van der Waals surface area (Å²) in [5.74, 6) is 0.865. The Balaban J connectivity index is 1.26. The summed E-state index contributed by atoms with van der Waals surface area (Å²) in [6.45, 7) is 5.36. The van der Waals surface area contributed by atoms with Gasteiger partial charge < -0.3 is 15.0 Å². The summed E-state index contributed by atoms with van der Waals surface area (Å²) in [5.41, 5.74) is 1.02. The number of hydrogen-bond acceptors (Lipinski definition) is 7. The van der Waals surface area contributed by atoms with Crippen LogP contribution in [0.5, 0.6) is 5.75 Å². The van der Waals surface area contributed by atoms with E-state index in [-0.39, 0.29) is 5.91 Å². The molecule has 0 spiro atoms. The fourth-order valence-corrected chi connectivity index (χ4v) is 5.52. The molecule has 1 saturated heterocycles. The normalized spacial score (nSPS) is 15.1. The van der Waals surface area contributed by atoms with Crippen LogP contribution in [-0.2, 0) is 0 Å². The molecule has 0 aliphatic carbocycles. The maximum Gasteiger partial charge on any atom is 0.261 e. The molecular weight excluding hydrogens is 460 g/mol. The molecule has 0 unspecified atom stereocenters. The topological polar surface area (TPSA) is 57.7 Å². The van der Waals surface area contributed by atoms with E-state index in [1.54, 1.807) is 18.4 Å². The van der Waals surface area contributed by atoms with Gasteiger partial charge >= 0.3 is 0 Å². The largest absolute Gasteiger partial charge is 0.497 e. The van der Waals surface area contributed by atoms with E-state index >= 15 is 0 Å². The smallest absolute Gasteiger partial charge is 0.261 e. The van der Waals surface area contributed by atoms with Crippen LogP contribution in [0.15, 0.2) is 34.1 Å². The third kappa shape index (κ3) is 4.48. The standard InChI is InChI=1S/C19H21BrN4O2S2/c1-26-13-2-3-14-16(12-13)28-19(22-14)24-10-8-23(9-11-24)7-6-21-18(25)15-4-5-17(20)27-15/h2-5,12H,6-11H2,1H3,(H,21,25). The second-order valence-corrected chi connectivity index (χ2v) is 9.99. The van der Waals surface area contributed by atoms with Gasteiger partial charge in [-0.1, -0.05) is 11.3 Å². The van der Waals surface area contributed by atoms with Crippen LogP contribution in [0.4, 0.5) is 5.13 Å². The maximum absolute atomic E-state index is 12.1. The van der Waals surface area contributed by atoms with Crippen molar-refractivity contribution in [2.75, 3.05) is 51.3 Å². The third-order valence-electron chi connectivity index (χ3n) is 4.74. The second-order valence-electron chi connectivity index (χ2n) is 6.52. The lowest BCUT2D eigenvalue weighted by Gasteiger charge is -2.34. The first-order valence-electron chi connectivity index (χ1n) is 9.08. The minimum atomic E-state index is -0.000704. The van der Waals surface area contributed by atoms with Crippen molar-refractivity contribution in [1.82, 2.24) is 15.2 Å². The molecule has 0 saturated carbocycles. The highest BCUT2D eigenvalue weighted by molar-refractivity contribution is 9.11. The van der Waals surface area contributed by atoms with Crippen molar-refractivity contribution in [1.29, 1.82) is 0 Å². The fourth-order valence-electron chi connectivity index (χ4n) is 3.17. The lowest BCUT2D eigenvalue weighted by atomic mass is 10.3. The molecule has 1 fully saturated rings. The molecule has 0 bridgehead atoms. The number of carbonyl (C=O) groups excluding carboxylic acids is 1. The molecule has 1 aliphatic rings. The number of nitrogens with one attached hydrogen (secondary N) is 1. The van der Waals surface area contributed by atoms with Crippen LogP contribution < -0.4 is 15.0 Å². The molecule has 148 valence electrons. The number of methoxy groups -OCH3 is 1. The van der Waals surface area contributed by atoms with Gasteiger partial charge in [0.25, 0.3) is 5.91 Å². The van der Waals surface area contributed by atoms with Gasteiger partial charge in [-0.05, 0) is 46.3 Å². The molecule has 1 N–H and O–H groups in total. The molecule has 4 rings (SSSR count).